The Balaban J connectivity index is 1.46. The van der Waals surface area contributed by atoms with E-state index in [-0.39, 0.29) is 30.8 Å². The monoisotopic (exact) mass is 354 g/mol. The second-order valence-electron chi connectivity index (χ2n) is 6.06. The van der Waals surface area contributed by atoms with Crippen molar-refractivity contribution >= 4 is 11.8 Å². The molecule has 0 aliphatic carbocycles. The number of hydrogen-bond donors (Lipinski definition) is 2. The van der Waals surface area contributed by atoms with Gasteiger partial charge in [-0.05, 0) is 36.8 Å². The summed E-state index contributed by atoms with van der Waals surface area (Å²) in [6.07, 6.45) is 0.216. The first kappa shape index (κ1) is 17.8. The zero-order valence-electron chi connectivity index (χ0n) is 14.7. The summed E-state index contributed by atoms with van der Waals surface area (Å²) in [6.45, 7) is 3.27. The molecule has 2 N–H and O–H groups in total. The molecule has 1 heterocycles. The van der Waals surface area contributed by atoms with Gasteiger partial charge in [-0.15, -0.1) is 0 Å². The molecule has 3 rings (SSSR count). The van der Waals surface area contributed by atoms with E-state index in [0.717, 1.165) is 11.3 Å². The Morgan fingerprint density at radius 2 is 1.77 bits per heavy atom. The molecular weight excluding hydrogens is 332 g/mol. The van der Waals surface area contributed by atoms with E-state index in [1.807, 2.05) is 31.2 Å². The van der Waals surface area contributed by atoms with Crippen molar-refractivity contribution in [3.05, 3.63) is 59.7 Å². The molecule has 0 saturated heterocycles. The summed E-state index contributed by atoms with van der Waals surface area (Å²) in [5.41, 5.74) is 1.52. The molecule has 2 amide bonds. The molecule has 0 unspecified atom stereocenters. The zero-order valence-corrected chi connectivity index (χ0v) is 14.7. The first-order valence-corrected chi connectivity index (χ1v) is 8.65. The minimum Gasteiger partial charge on any atom is -0.486 e. The number of benzene rings is 2. The van der Waals surface area contributed by atoms with Crippen molar-refractivity contribution in [2.45, 2.75) is 19.4 Å². The largest absolute Gasteiger partial charge is 0.486 e. The highest BCUT2D eigenvalue weighted by atomic mass is 16.6. The fraction of sp³-hybridized carbons (Fsp3) is 0.300. The van der Waals surface area contributed by atoms with Crippen molar-refractivity contribution in [3.63, 3.8) is 0 Å². The smallest absolute Gasteiger partial charge is 0.251 e. The Labute approximate surface area is 152 Å². The van der Waals surface area contributed by atoms with E-state index in [2.05, 4.69) is 10.6 Å². The second kappa shape index (κ2) is 8.38. The van der Waals surface area contributed by atoms with Gasteiger partial charge in [-0.3, -0.25) is 9.59 Å². The highest BCUT2D eigenvalue weighted by molar-refractivity contribution is 5.94. The molecule has 0 bridgehead atoms. The summed E-state index contributed by atoms with van der Waals surface area (Å²) in [5.74, 6) is 1.12. The van der Waals surface area contributed by atoms with E-state index in [9.17, 15) is 9.59 Å². The number of ether oxygens (including phenoxy) is 2. The van der Waals surface area contributed by atoms with Gasteiger partial charge in [-0.2, -0.15) is 0 Å². The van der Waals surface area contributed by atoms with Crippen LogP contribution < -0.4 is 20.1 Å². The van der Waals surface area contributed by atoms with E-state index in [0.29, 0.717) is 24.5 Å². The van der Waals surface area contributed by atoms with Crippen molar-refractivity contribution in [1.82, 2.24) is 10.6 Å². The summed E-state index contributed by atoms with van der Waals surface area (Å²) < 4.78 is 11.1. The van der Waals surface area contributed by atoms with Crippen LogP contribution in [-0.2, 0) is 4.79 Å². The van der Waals surface area contributed by atoms with Gasteiger partial charge >= 0.3 is 0 Å². The Hall–Kier alpha value is -3.02. The van der Waals surface area contributed by atoms with E-state index < -0.39 is 0 Å². The lowest BCUT2D eigenvalue weighted by atomic mass is 10.1. The molecule has 6 heteroatoms. The molecule has 26 heavy (non-hydrogen) atoms. The summed E-state index contributed by atoms with van der Waals surface area (Å²) in [4.78, 5) is 24.1. The Bertz CT molecular complexity index is 777. The number of fused-ring (bicyclic) bond motifs is 1. The lowest BCUT2D eigenvalue weighted by Crippen LogP contribution is -2.32. The van der Waals surface area contributed by atoms with Crippen molar-refractivity contribution < 1.29 is 19.1 Å². The van der Waals surface area contributed by atoms with Gasteiger partial charge in [0.1, 0.15) is 13.2 Å². The maximum Gasteiger partial charge on any atom is 0.251 e. The van der Waals surface area contributed by atoms with Crippen LogP contribution in [0, 0.1) is 0 Å². The highest BCUT2D eigenvalue weighted by Crippen LogP contribution is 2.32. The third-order valence-corrected chi connectivity index (χ3v) is 4.12. The van der Waals surface area contributed by atoms with Crippen LogP contribution in [0.5, 0.6) is 11.5 Å². The van der Waals surface area contributed by atoms with Gasteiger partial charge in [0.05, 0.1) is 6.04 Å². The van der Waals surface area contributed by atoms with E-state index >= 15 is 0 Å². The molecule has 1 atom stereocenters. The van der Waals surface area contributed by atoms with E-state index in [1.165, 1.54) is 0 Å². The average molecular weight is 354 g/mol. The van der Waals surface area contributed by atoms with Gasteiger partial charge in [0.15, 0.2) is 11.5 Å². The minimum absolute atomic E-state index is 0.124. The standard InChI is InChI=1S/C20H22N2O4/c1-14(16-7-8-17-18(13-16)26-12-11-25-17)22-19(23)9-10-21-20(24)15-5-3-2-4-6-15/h2-8,13-14H,9-12H2,1H3,(H,21,24)(H,22,23)/t14-/m0/s1. The number of nitrogens with one attached hydrogen (secondary N) is 2. The molecule has 0 fully saturated rings. The molecule has 1 aliphatic heterocycles. The Morgan fingerprint density at radius 3 is 2.54 bits per heavy atom. The molecule has 0 spiro atoms. The van der Waals surface area contributed by atoms with Crippen LogP contribution in [0.25, 0.3) is 0 Å². The zero-order chi connectivity index (χ0) is 18.4. The molecule has 2 aromatic carbocycles. The van der Waals surface area contributed by atoms with Crippen molar-refractivity contribution in [3.8, 4) is 11.5 Å². The van der Waals surface area contributed by atoms with Gasteiger partial charge in [-0.1, -0.05) is 24.3 Å². The quantitative estimate of drug-likeness (QED) is 0.835. The SMILES string of the molecule is C[C@H](NC(=O)CCNC(=O)c1ccccc1)c1ccc2c(c1)OCCO2. The first-order valence-electron chi connectivity index (χ1n) is 8.65. The third-order valence-electron chi connectivity index (χ3n) is 4.12. The molecule has 6 nitrogen and oxygen atoms in total. The maximum absolute atomic E-state index is 12.1. The number of amides is 2. The van der Waals surface area contributed by atoms with Crippen LogP contribution in [0.3, 0.4) is 0 Å². The van der Waals surface area contributed by atoms with Gasteiger partial charge in [0.2, 0.25) is 5.91 Å². The van der Waals surface area contributed by atoms with Crippen LogP contribution in [0.1, 0.15) is 35.3 Å². The van der Waals surface area contributed by atoms with Gasteiger partial charge in [-0.25, -0.2) is 0 Å². The molecule has 0 aromatic heterocycles. The topological polar surface area (TPSA) is 76.7 Å². The lowest BCUT2D eigenvalue weighted by molar-refractivity contribution is -0.121. The molecule has 0 radical (unpaired) electrons. The summed E-state index contributed by atoms with van der Waals surface area (Å²) in [7, 11) is 0. The van der Waals surface area contributed by atoms with Crippen molar-refractivity contribution in [2.24, 2.45) is 0 Å². The minimum atomic E-state index is -0.182. The van der Waals surface area contributed by atoms with Crippen LogP contribution in [-0.4, -0.2) is 31.6 Å². The Kier molecular flexibility index (Phi) is 5.73. The number of carbonyl (C=O) groups is 2. The Morgan fingerprint density at radius 1 is 1.04 bits per heavy atom. The summed E-state index contributed by atoms with van der Waals surface area (Å²) in [6, 6.07) is 14.4. The predicted octanol–water partition coefficient (Wildman–Crippen LogP) is 2.46. The fourth-order valence-corrected chi connectivity index (χ4v) is 2.71. The number of rotatable bonds is 6. The molecule has 136 valence electrons. The second-order valence-corrected chi connectivity index (χ2v) is 6.06. The normalized spacial score (nSPS) is 13.6. The van der Waals surface area contributed by atoms with Crippen LogP contribution in [0.4, 0.5) is 0 Å². The lowest BCUT2D eigenvalue weighted by Gasteiger charge is -2.21. The van der Waals surface area contributed by atoms with Crippen LogP contribution in [0.2, 0.25) is 0 Å². The maximum atomic E-state index is 12.1. The van der Waals surface area contributed by atoms with Gasteiger partial charge in [0.25, 0.3) is 5.91 Å². The molecular formula is C20H22N2O4. The van der Waals surface area contributed by atoms with E-state index in [4.69, 9.17) is 9.47 Å². The van der Waals surface area contributed by atoms with Crippen molar-refractivity contribution in [2.75, 3.05) is 19.8 Å². The molecule has 1 aliphatic rings. The highest BCUT2D eigenvalue weighted by Gasteiger charge is 2.16. The first-order chi connectivity index (χ1) is 12.6. The molecule has 2 aromatic rings. The van der Waals surface area contributed by atoms with Crippen molar-refractivity contribution in [1.29, 1.82) is 0 Å². The fourth-order valence-electron chi connectivity index (χ4n) is 2.71. The predicted molar refractivity (Wildman–Crippen MR) is 97.4 cm³/mol. The number of carbonyl (C=O) groups excluding carboxylic acids is 2. The number of hydrogen-bond acceptors (Lipinski definition) is 4. The van der Waals surface area contributed by atoms with Crippen LogP contribution >= 0.6 is 0 Å². The molecule has 0 saturated carbocycles. The third kappa shape index (κ3) is 4.53. The average Bonchev–Trinajstić information content (AvgIpc) is 2.68. The summed E-state index contributed by atoms with van der Waals surface area (Å²) >= 11 is 0. The summed E-state index contributed by atoms with van der Waals surface area (Å²) in [5, 5.41) is 5.68. The van der Waals surface area contributed by atoms with Gasteiger partial charge in [0, 0.05) is 18.5 Å². The van der Waals surface area contributed by atoms with Gasteiger partial charge < -0.3 is 20.1 Å². The van der Waals surface area contributed by atoms with Crippen LogP contribution in [0.15, 0.2) is 48.5 Å². The van der Waals surface area contributed by atoms with E-state index in [1.54, 1.807) is 24.3 Å².